The van der Waals surface area contributed by atoms with Crippen LogP contribution in [0.5, 0.6) is 0 Å². The molecule has 0 saturated heterocycles. The van der Waals surface area contributed by atoms with Crippen molar-refractivity contribution in [2.45, 2.75) is 45.6 Å². The number of carbonyl (C=O) groups excluding carboxylic acids is 1. The van der Waals surface area contributed by atoms with E-state index in [1.165, 1.54) is 24.0 Å². The summed E-state index contributed by atoms with van der Waals surface area (Å²) in [5.74, 6) is 0. The highest BCUT2D eigenvalue weighted by Gasteiger charge is 2.17. The Morgan fingerprint density at radius 1 is 1.26 bits per heavy atom. The third-order valence-electron chi connectivity index (χ3n) is 3.70. The van der Waals surface area contributed by atoms with Gasteiger partial charge in [-0.05, 0) is 30.4 Å². The largest absolute Gasteiger partial charge is 0.338 e. The van der Waals surface area contributed by atoms with E-state index in [0.717, 1.165) is 38.9 Å². The van der Waals surface area contributed by atoms with Gasteiger partial charge in [-0.25, -0.2) is 4.79 Å². The molecule has 0 fully saturated rings. The summed E-state index contributed by atoms with van der Waals surface area (Å²) in [4.78, 5) is 14.1. The number of benzene rings is 1. The molecule has 0 atom stereocenters. The zero-order valence-corrected chi connectivity index (χ0v) is 11.8. The summed E-state index contributed by atoms with van der Waals surface area (Å²) >= 11 is 0. The van der Waals surface area contributed by atoms with Gasteiger partial charge < -0.3 is 10.2 Å². The van der Waals surface area contributed by atoms with E-state index in [0.29, 0.717) is 0 Å². The van der Waals surface area contributed by atoms with Crippen LogP contribution in [0.25, 0.3) is 0 Å². The highest BCUT2D eigenvalue weighted by atomic mass is 16.2. The maximum atomic E-state index is 12.1. The molecule has 1 aliphatic heterocycles. The number of carbonyl (C=O) groups is 1. The van der Waals surface area contributed by atoms with Crippen LogP contribution in [0.15, 0.2) is 24.3 Å². The van der Waals surface area contributed by atoms with Crippen molar-refractivity contribution in [3.8, 4) is 0 Å². The number of unbranched alkanes of at least 4 members (excludes halogenated alkanes) is 2. The van der Waals surface area contributed by atoms with Crippen molar-refractivity contribution in [2.24, 2.45) is 0 Å². The van der Waals surface area contributed by atoms with Gasteiger partial charge in [0.25, 0.3) is 0 Å². The fourth-order valence-electron chi connectivity index (χ4n) is 2.56. The summed E-state index contributed by atoms with van der Waals surface area (Å²) in [6.07, 6.45) is 5.58. The molecule has 1 aromatic carbocycles. The van der Waals surface area contributed by atoms with Crippen LogP contribution in [0.3, 0.4) is 0 Å². The van der Waals surface area contributed by atoms with Gasteiger partial charge in [0.05, 0.1) is 0 Å². The van der Waals surface area contributed by atoms with Crippen molar-refractivity contribution in [1.82, 2.24) is 10.2 Å². The summed E-state index contributed by atoms with van der Waals surface area (Å²) in [5.41, 5.74) is 2.69. The van der Waals surface area contributed by atoms with Crippen LogP contribution < -0.4 is 5.32 Å². The molecule has 0 spiro atoms. The molecule has 1 aromatic rings. The Morgan fingerprint density at radius 3 is 2.84 bits per heavy atom. The van der Waals surface area contributed by atoms with Crippen molar-refractivity contribution < 1.29 is 4.79 Å². The number of hydrogen-bond acceptors (Lipinski definition) is 1. The Bertz CT molecular complexity index is 417. The summed E-state index contributed by atoms with van der Waals surface area (Å²) in [6, 6.07) is 8.55. The van der Waals surface area contributed by atoms with Crippen LogP contribution in [-0.4, -0.2) is 24.0 Å². The first-order chi connectivity index (χ1) is 9.31. The minimum atomic E-state index is 0.0906. The van der Waals surface area contributed by atoms with Gasteiger partial charge in [-0.15, -0.1) is 0 Å². The van der Waals surface area contributed by atoms with Crippen molar-refractivity contribution >= 4 is 6.03 Å². The summed E-state index contributed by atoms with van der Waals surface area (Å²) < 4.78 is 0. The Labute approximate surface area is 116 Å². The van der Waals surface area contributed by atoms with Gasteiger partial charge in [0.1, 0.15) is 0 Å². The molecular formula is C16H24N2O. The van der Waals surface area contributed by atoms with Gasteiger partial charge in [0, 0.05) is 19.6 Å². The van der Waals surface area contributed by atoms with Gasteiger partial charge in [-0.1, -0.05) is 44.0 Å². The van der Waals surface area contributed by atoms with E-state index in [1.54, 1.807) is 0 Å². The predicted molar refractivity (Wildman–Crippen MR) is 78.1 cm³/mol. The number of urea groups is 1. The monoisotopic (exact) mass is 260 g/mol. The lowest BCUT2D eigenvalue weighted by atomic mass is 10.0. The molecule has 3 heteroatoms. The topological polar surface area (TPSA) is 32.3 Å². The first kappa shape index (κ1) is 13.9. The van der Waals surface area contributed by atoms with Crippen molar-refractivity contribution in [2.75, 3.05) is 13.1 Å². The summed E-state index contributed by atoms with van der Waals surface area (Å²) in [5, 5.41) is 3.03. The molecule has 3 nitrogen and oxygen atoms in total. The number of nitrogens with one attached hydrogen (secondary N) is 1. The molecule has 2 rings (SSSR count). The van der Waals surface area contributed by atoms with E-state index in [4.69, 9.17) is 0 Å². The number of fused-ring (bicyclic) bond motifs is 1. The lowest BCUT2D eigenvalue weighted by Crippen LogP contribution is -2.40. The zero-order chi connectivity index (χ0) is 13.5. The zero-order valence-electron chi connectivity index (χ0n) is 11.8. The lowest BCUT2D eigenvalue weighted by Gasteiger charge is -2.21. The molecule has 0 radical (unpaired) electrons. The molecule has 104 valence electrons. The predicted octanol–water partition coefficient (Wildman–Crippen LogP) is 3.33. The number of aryl methyl sites for hydroxylation is 1. The minimum Gasteiger partial charge on any atom is -0.338 e. The molecule has 1 aliphatic rings. The lowest BCUT2D eigenvalue weighted by molar-refractivity contribution is 0.196. The second-order valence-corrected chi connectivity index (χ2v) is 5.23. The molecule has 0 aromatic heterocycles. The van der Waals surface area contributed by atoms with E-state index in [9.17, 15) is 4.79 Å². The van der Waals surface area contributed by atoms with E-state index >= 15 is 0 Å². The summed E-state index contributed by atoms with van der Waals surface area (Å²) in [6.45, 7) is 4.57. The second kappa shape index (κ2) is 7.17. The Morgan fingerprint density at radius 2 is 2.05 bits per heavy atom. The first-order valence-corrected chi connectivity index (χ1v) is 7.41. The second-order valence-electron chi connectivity index (χ2n) is 5.23. The van der Waals surface area contributed by atoms with E-state index in [-0.39, 0.29) is 6.03 Å². The average molecular weight is 260 g/mol. The molecule has 1 N–H and O–H groups in total. The van der Waals surface area contributed by atoms with Gasteiger partial charge in [0.2, 0.25) is 0 Å². The van der Waals surface area contributed by atoms with Crippen LogP contribution in [0.1, 0.15) is 43.7 Å². The van der Waals surface area contributed by atoms with Crippen LogP contribution in [0.4, 0.5) is 4.79 Å². The molecule has 0 unspecified atom stereocenters. The third-order valence-corrected chi connectivity index (χ3v) is 3.70. The molecule has 19 heavy (non-hydrogen) atoms. The summed E-state index contributed by atoms with van der Waals surface area (Å²) in [7, 11) is 0. The SMILES string of the molecule is CCCCCNC(=O)N1CCCc2ccccc2C1. The first-order valence-electron chi connectivity index (χ1n) is 7.41. The number of hydrogen-bond donors (Lipinski definition) is 1. The van der Waals surface area contributed by atoms with Crippen LogP contribution in [0.2, 0.25) is 0 Å². The Balaban J connectivity index is 1.89. The normalized spacial score (nSPS) is 14.7. The maximum absolute atomic E-state index is 12.1. The molecule has 0 bridgehead atoms. The van der Waals surface area contributed by atoms with Crippen LogP contribution in [0, 0.1) is 0 Å². The standard InChI is InChI=1S/C16H24N2O/c1-2-3-6-11-17-16(19)18-12-7-10-14-8-4-5-9-15(14)13-18/h4-5,8-9H,2-3,6-7,10-13H2,1H3,(H,17,19). The maximum Gasteiger partial charge on any atom is 0.317 e. The molecule has 2 amide bonds. The van der Waals surface area contributed by atoms with Gasteiger partial charge >= 0.3 is 6.03 Å². The van der Waals surface area contributed by atoms with Gasteiger partial charge in [-0.2, -0.15) is 0 Å². The quantitative estimate of drug-likeness (QED) is 0.827. The molecule has 1 heterocycles. The Kier molecular flexibility index (Phi) is 5.25. The Hall–Kier alpha value is -1.51. The van der Waals surface area contributed by atoms with Crippen molar-refractivity contribution in [1.29, 1.82) is 0 Å². The number of amides is 2. The number of rotatable bonds is 4. The van der Waals surface area contributed by atoms with E-state index < -0.39 is 0 Å². The minimum absolute atomic E-state index is 0.0906. The molecule has 0 aliphatic carbocycles. The van der Waals surface area contributed by atoms with E-state index in [2.05, 4.69) is 36.5 Å². The fourth-order valence-corrected chi connectivity index (χ4v) is 2.56. The van der Waals surface area contributed by atoms with Crippen LogP contribution >= 0.6 is 0 Å². The smallest absolute Gasteiger partial charge is 0.317 e. The average Bonchev–Trinajstić information content (AvgIpc) is 2.65. The van der Waals surface area contributed by atoms with Crippen molar-refractivity contribution in [3.05, 3.63) is 35.4 Å². The highest BCUT2D eigenvalue weighted by molar-refractivity contribution is 5.74. The molecule has 0 saturated carbocycles. The van der Waals surface area contributed by atoms with E-state index in [1.807, 2.05) is 4.90 Å². The number of nitrogens with zero attached hydrogens (tertiary/aromatic N) is 1. The molecular weight excluding hydrogens is 236 g/mol. The van der Waals surface area contributed by atoms with Crippen molar-refractivity contribution in [3.63, 3.8) is 0 Å². The fraction of sp³-hybridized carbons (Fsp3) is 0.562. The van der Waals surface area contributed by atoms with Crippen LogP contribution in [-0.2, 0) is 13.0 Å². The third kappa shape index (κ3) is 3.98. The van der Waals surface area contributed by atoms with Gasteiger partial charge in [-0.3, -0.25) is 0 Å². The van der Waals surface area contributed by atoms with Gasteiger partial charge in [0.15, 0.2) is 0 Å². The highest BCUT2D eigenvalue weighted by Crippen LogP contribution is 2.18.